The summed E-state index contributed by atoms with van der Waals surface area (Å²) in [4.78, 5) is 13.3. The Bertz CT molecular complexity index is 926. The normalized spacial score (nSPS) is 10.8. The van der Waals surface area contributed by atoms with Gasteiger partial charge in [-0.05, 0) is 35.4 Å². The highest BCUT2D eigenvalue weighted by Gasteiger charge is 2.07. The van der Waals surface area contributed by atoms with Crippen LogP contribution in [0.4, 0.5) is 22.2 Å². The summed E-state index contributed by atoms with van der Waals surface area (Å²) in [7, 11) is 0. The maximum atomic E-state index is 13.2. The highest BCUT2D eigenvalue weighted by atomic mass is 79.9. The van der Waals surface area contributed by atoms with Gasteiger partial charge in [-0.15, -0.1) is 0 Å². The molecule has 0 bridgehead atoms. The number of ether oxygens (including phenoxy) is 2. The topological polar surface area (TPSA) is 119 Å². The smallest absolute Gasteiger partial charge is 0.229 e. The molecular weight excluding hydrogens is 505 g/mol. The SMILES string of the molecule is NCCOCCOCCNc1nc(NCc2ccc(F)cc2)nc(NCc2ccc(Br)cc2)n1. The molecule has 2 aromatic carbocycles. The van der Waals surface area contributed by atoms with Crippen LogP contribution in [0, 0.1) is 5.82 Å². The first kappa shape index (κ1) is 25.8. The maximum Gasteiger partial charge on any atom is 0.229 e. The number of rotatable bonds is 15. The van der Waals surface area contributed by atoms with Gasteiger partial charge >= 0.3 is 0 Å². The van der Waals surface area contributed by atoms with E-state index in [0.717, 1.165) is 15.6 Å². The van der Waals surface area contributed by atoms with Crippen LogP contribution >= 0.6 is 15.9 Å². The molecule has 182 valence electrons. The molecule has 3 rings (SSSR count). The van der Waals surface area contributed by atoms with E-state index in [4.69, 9.17) is 15.2 Å². The largest absolute Gasteiger partial charge is 0.378 e. The maximum absolute atomic E-state index is 13.2. The van der Waals surface area contributed by atoms with Crippen molar-refractivity contribution in [2.24, 2.45) is 5.73 Å². The van der Waals surface area contributed by atoms with Crippen molar-refractivity contribution in [3.8, 4) is 0 Å². The van der Waals surface area contributed by atoms with E-state index < -0.39 is 0 Å². The van der Waals surface area contributed by atoms with Gasteiger partial charge in [-0.1, -0.05) is 40.2 Å². The lowest BCUT2D eigenvalue weighted by molar-refractivity contribution is 0.0547. The van der Waals surface area contributed by atoms with Gasteiger partial charge in [0.05, 0.1) is 26.4 Å². The predicted molar refractivity (Wildman–Crippen MR) is 134 cm³/mol. The Balaban J connectivity index is 1.57. The van der Waals surface area contributed by atoms with Gasteiger partial charge in [0.2, 0.25) is 17.8 Å². The number of nitrogens with zero attached hydrogens (tertiary/aromatic N) is 3. The number of halogens is 2. The number of nitrogens with one attached hydrogen (secondary N) is 3. The molecule has 0 spiro atoms. The molecule has 9 nitrogen and oxygen atoms in total. The van der Waals surface area contributed by atoms with Crippen LogP contribution in [0.2, 0.25) is 0 Å². The number of benzene rings is 2. The Morgan fingerprint density at radius 2 is 1.21 bits per heavy atom. The molecule has 0 fully saturated rings. The zero-order valence-corrected chi connectivity index (χ0v) is 20.4. The minimum Gasteiger partial charge on any atom is -0.378 e. The Kier molecular flexibility index (Phi) is 10.9. The molecule has 3 aromatic rings. The van der Waals surface area contributed by atoms with Crippen LogP contribution in [0.1, 0.15) is 11.1 Å². The molecule has 0 saturated carbocycles. The van der Waals surface area contributed by atoms with E-state index >= 15 is 0 Å². The average molecular weight is 534 g/mol. The van der Waals surface area contributed by atoms with E-state index in [1.165, 1.54) is 12.1 Å². The highest BCUT2D eigenvalue weighted by molar-refractivity contribution is 9.10. The highest BCUT2D eigenvalue weighted by Crippen LogP contribution is 2.14. The molecule has 0 aliphatic rings. The molecule has 0 atom stereocenters. The van der Waals surface area contributed by atoms with Crippen molar-refractivity contribution in [2.75, 3.05) is 55.5 Å². The van der Waals surface area contributed by atoms with Crippen molar-refractivity contribution in [3.05, 3.63) is 69.9 Å². The summed E-state index contributed by atoms with van der Waals surface area (Å²) in [6.07, 6.45) is 0. The van der Waals surface area contributed by atoms with Crippen molar-refractivity contribution in [1.29, 1.82) is 0 Å². The van der Waals surface area contributed by atoms with Crippen LogP contribution in [0.5, 0.6) is 0 Å². The first-order valence-corrected chi connectivity index (χ1v) is 11.7. The Labute approximate surface area is 206 Å². The van der Waals surface area contributed by atoms with Gasteiger partial charge in [0.15, 0.2) is 0 Å². The van der Waals surface area contributed by atoms with E-state index in [1.807, 2.05) is 24.3 Å². The Morgan fingerprint density at radius 1 is 0.706 bits per heavy atom. The van der Waals surface area contributed by atoms with E-state index in [0.29, 0.717) is 70.5 Å². The third-order valence-electron chi connectivity index (χ3n) is 4.53. The number of nitrogens with two attached hydrogens (primary N) is 1. The molecule has 0 aliphatic carbocycles. The van der Waals surface area contributed by atoms with Gasteiger partial charge in [-0.25, -0.2) is 4.39 Å². The standard InChI is InChI=1S/C23H29BrFN7O2/c24-19-5-1-17(2-6-19)15-28-22-30-21(27-10-12-34-14-13-33-11-9-26)31-23(32-22)29-16-18-3-7-20(25)8-4-18/h1-8H,9-16,26H2,(H3,27,28,29,30,31,32). The first-order chi connectivity index (χ1) is 16.6. The predicted octanol–water partition coefficient (Wildman–Crippen LogP) is 3.40. The van der Waals surface area contributed by atoms with E-state index in [2.05, 4.69) is 46.8 Å². The summed E-state index contributed by atoms with van der Waals surface area (Å²) in [5.74, 6) is 0.968. The monoisotopic (exact) mass is 533 g/mol. The van der Waals surface area contributed by atoms with Gasteiger partial charge < -0.3 is 31.2 Å². The number of anilines is 3. The Hall–Kier alpha value is -2.86. The second-order valence-electron chi connectivity index (χ2n) is 7.21. The van der Waals surface area contributed by atoms with E-state index in [9.17, 15) is 4.39 Å². The molecule has 11 heteroatoms. The average Bonchev–Trinajstić information content (AvgIpc) is 2.85. The van der Waals surface area contributed by atoms with Crippen LogP contribution in [0.3, 0.4) is 0 Å². The van der Waals surface area contributed by atoms with Crippen molar-refractivity contribution in [2.45, 2.75) is 13.1 Å². The Morgan fingerprint density at radius 3 is 1.76 bits per heavy atom. The summed E-state index contributed by atoms with van der Waals surface area (Å²) in [5.41, 5.74) is 7.37. The van der Waals surface area contributed by atoms with Crippen molar-refractivity contribution in [1.82, 2.24) is 15.0 Å². The number of hydrogen-bond acceptors (Lipinski definition) is 9. The molecule has 0 amide bonds. The van der Waals surface area contributed by atoms with E-state index in [-0.39, 0.29) is 5.82 Å². The van der Waals surface area contributed by atoms with Crippen LogP contribution < -0.4 is 21.7 Å². The van der Waals surface area contributed by atoms with Gasteiger partial charge in [-0.2, -0.15) is 15.0 Å². The minimum absolute atomic E-state index is 0.275. The molecule has 0 saturated heterocycles. The fourth-order valence-electron chi connectivity index (χ4n) is 2.82. The fraction of sp³-hybridized carbons (Fsp3) is 0.348. The second-order valence-corrected chi connectivity index (χ2v) is 8.12. The van der Waals surface area contributed by atoms with Crippen molar-refractivity contribution >= 4 is 33.8 Å². The van der Waals surface area contributed by atoms with Gasteiger partial charge in [0.25, 0.3) is 0 Å². The van der Waals surface area contributed by atoms with Crippen molar-refractivity contribution in [3.63, 3.8) is 0 Å². The third kappa shape index (κ3) is 9.56. The number of aromatic nitrogens is 3. The van der Waals surface area contributed by atoms with Crippen LogP contribution in [-0.2, 0) is 22.6 Å². The zero-order valence-electron chi connectivity index (χ0n) is 18.8. The molecule has 5 N–H and O–H groups in total. The summed E-state index contributed by atoms with van der Waals surface area (Å²) in [6, 6.07) is 14.3. The third-order valence-corrected chi connectivity index (χ3v) is 5.06. The van der Waals surface area contributed by atoms with Gasteiger partial charge in [0.1, 0.15) is 5.82 Å². The van der Waals surface area contributed by atoms with Crippen molar-refractivity contribution < 1.29 is 13.9 Å². The summed E-state index contributed by atoms with van der Waals surface area (Å²) in [5, 5.41) is 9.56. The molecule has 0 unspecified atom stereocenters. The fourth-order valence-corrected chi connectivity index (χ4v) is 3.08. The molecule has 0 aliphatic heterocycles. The van der Waals surface area contributed by atoms with Gasteiger partial charge in [-0.3, -0.25) is 0 Å². The lowest BCUT2D eigenvalue weighted by Crippen LogP contribution is -2.17. The lowest BCUT2D eigenvalue weighted by atomic mass is 10.2. The molecule has 1 heterocycles. The van der Waals surface area contributed by atoms with Crippen LogP contribution in [0.15, 0.2) is 53.0 Å². The van der Waals surface area contributed by atoms with Crippen LogP contribution in [0.25, 0.3) is 0 Å². The van der Waals surface area contributed by atoms with E-state index in [1.54, 1.807) is 12.1 Å². The molecule has 1 aromatic heterocycles. The summed E-state index contributed by atoms with van der Waals surface area (Å²) >= 11 is 3.44. The first-order valence-electron chi connectivity index (χ1n) is 10.9. The zero-order chi connectivity index (χ0) is 24.0. The lowest BCUT2D eigenvalue weighted by Gasteiger charge is -2.12. The summed E-state index contributed by atoms with van der Waals surface area (Å²) in [6.45, 7) is 4.00. The summed E-state index contributed by atoms with van der Waals surface area (Å²) < 4.78 is 25.0. The van der Waals surface area contributed by atoms with Crippen LogP contribution in [-0.4, -0.2) is 54.5 Å². The minimum atomic E-state index is -0.275. The number of hydrogen-bond donors (Lipinski definition) is 4. The van der Waals surface area contributed by atoms with Gasteiger partial charge in [0, 0.05) is 30.7 Å². The quantitative estimate of drug-likeness (QED) is 0.218. The molecule has 0 radical (unpaired) electrons. The molecule has 34 heavy (non-hydrogen) atoms. The second kappa shape index (κ2) is 14.4. The molecular formula is C23H29BrFN7O2.